The van der Waals surface area contributed by atoms with Crippen LogP contribution in [0.1, 0.15) is 33.6 Å². The number of nitrogens with one attached hydrogen (secondary N) is 1. The predicted molar refractivity (Wildman–Crippen MR) is 142 cm³/mol. The zero-order chi connectivity index (χ0) is 24.9. The number of hydrogen-bond donors (Lipinski definition) is 1. The summed E-state index contributed by atoms with van der Waals surface area (Å²) in [4.78, 5) is 12.8. The van der Waals surface area contributed by atoms with Crippen molar-refractivity contribution in [1.82, 2.24) is 14.8 Å². The van der Waals surface area contributed by atoms with Gasteiger partial charge in [-0.05, 0) is 69.0 Å². The number of carbonyl (C=O) groups excluding carboxylic acids is 1. The Morgan fingerprint density at radius 2 is 1.54 bits per heavy atom. The smallest absolute Gasteiger partial charge is 0.234 e. The largest absolute Gasteiger partial charge is 0.485 e. The molecule has 7 heteroatoms. The van der Waals surface area contributed by atoms with E-state index in [1.807, 2.05) is 80.8 Å². The van der Waals surface area contributed by atoms with Crippen LogP contribution in [0.15, 0.2) is 65.8 Å². The quantitative estimate of drug-likeness (QED) is 0.304. The van der Waals surface area contributed by atoms with Crippen molar-refractivity contribution in [3.8, 4) is 11.4 Å². The van der Waals surface area contributed by atoms with Gasteiger partial charge in [0.05, 0.1) is 5.75 Å². The van der Waals surface area contributed by atoms with E-state index in [4.69, 9.17) is 4.74 Å². The number of anilines is 1. The minimum Gasteiger partial charge on any atom is -0.485 e. The van der Waals surface area contributed by atoms with Crippen molar-refractivity contribution in [2.75, 3.05) is 11.1 Å². The first kappa shape index (κ1) is 24.5. The third-order valence-corrected chi connectivity index (χ3v) is 6.67. The molecule has 3 aromatic carbocycles. The van der Waals surface area contributed by atoms with Crippen LogP contribution in [0.4, 0.5) is 5.69 Å². The average Bonchev–Trinajstić information content (AvgIpc) is 3.23. The number of rotatable bonds is 8. The molecule has 0 aliphatic heterocycles. The summed E-state index contributed by atoms with van der Waals surface area (Å²) in [6.45, 7) is 10.4. The summed E-state index contributed by atoms with van der Waals surface area (Å²) >= 11 is 1.35. The normalized spacial score (nSPS) is 10.9. The molecule has 1 N–H and O–H groups in total. The molecular formula is C28H30N4O2S. The molecule has 0 atom stereocenters. The van der Waals surface area contributed by atoms with E-state index in [9.17, 15) is 4.79 Å². The Morgan fingerprint density at radius 3 is 2.20 bits per heavy atom. The summed E-state index contributed by atoms with van der Waals surface area (Å²) in [5, 5.41) is 12.5. The van der Waals surface area contributed by atoms with Gasteiger partial charge in [-0.3, -0.25) is 9.36 Å². The molecular weight excluding hydrogens is 456 g/mol. The fourth-order valence-electron chi connectivity index (χ4n) is 4.17. The molecule has 180 valence electrons. The van der Waals surface area contributed by atoms with Gasteiger partial charge in [0, 0.05) is 11.4 Å². The number of aryl methyl sites for hydroxylation is 5. The third-order valence-electron chi connectivity index (χ3n) is 5.74. The molecule has 0 bridgehead atoms. The van der Waals surface area contributed by atoms with Crippen LogP contribution in [0, 0.1) is 34.6 Å². The van der Waals surface area contributed by atoms with E-state index in [-0.39, 0.29) is 18.3 Å². The zero-order valence-electron chi connectivity index (χ0n) is 20.8. The first-order valence-corrected chi connectivity index (χ1v) is 12.5. The number of hydrogen-bond acceptors (Lipinski definition) is 5. The Kier molecular flexibility index (Phi) is 7.56. The monoisotopic (exact) mass is 486 g/mol. The first-order chi connectivity index (χ1) is 16.8. The van der Waals surface area contributed by atoms with Crippen LogP contribution in [0.25, 0.3) is 5.69 Å². The van der Waals surface area contributed by atoms with Gasteiger partial charge in [0.1, 0.15) is 12.4 Å². The summed E-state index contributed by atoms with van der Waals surface area (Å²) in [6.07, 6.45) is 0. The van der Waals surface area contributed by atoms with Crippen LogP contribution in [-0.2, 0) is 11.4 Å². The van der Waals surface area contributed by atoms with Crippen molar-refractivity contribution in [2.24, 2.45) is 0 Å². The van der Waals surface area contributed by atoms with Crippen LogP contribution < -0.4 is 10.1 Å². The van der Waals surface area contributed by atoms with E-state index in [1.165, 1.54) is 17.3 Å². The van der Waals surface area contributed by atoms with Crippen molar-refractivity contribution >= 4 is 23.4 Å². The number of amides is 1. The Bertz CT molecular complexity index is 1310. The van der Waals surface area contributed by atoms with Crippen LogP contribution in [0.3, 0.4) is 0 Å². The topological polar surface area (TPSA) is 69.0 Å². The molecule has 4 rings (SSSR count). The highest BCUT2D eigenvalue weighted by molar-refractivity contribution is 7.99. The van der Waals surface area contributed by atoms with Crippen molar-refractivity contribution in [2.45, 2.75) is 46.4 Å². The lowest BCUT2D eigenvalue weighted by Gasteiger charge is -2.14. The summed E-state index contributed by atoms with van der Waals surface area (Å²) in [6, 6.07) is 20.1. The minimum absolute atomic E-state index is 0.0824. The highest BCUT2D eigenvalue weighted by atomic mass is 32.2. The highest BCUT2D eigenvalue weighted by Crippen LogP contribution is 2.27. The summed E-state index contributed by atoms with van der Waals surface area (Å²) in [5.41, 5.74) is 7.23. The maximum Gasteiger partial charge on any atom is 0.234 e. The molecule has 6 nitrogen and oxygen atoms in total. The van der Waals surface area contributed by atoms with E-state index >= 15 is 0 Å². The van der Waals surface area contributed by atoms with Crippen LogP contribution >= 0.6 is 11.8 Å². The van der Waals surface area contributed by atoms with Crippen molar-refractivity contribution < 1.29 is 9.53 Å². The molecule has 0 unspecified atom stereocenters. The fourth-order valence-corrected chi connectivity index (χ4v) is 4.94. The van der Waals surface area contributed by atoms with Crippen molar-refractivity contribution in [3.05, 3.63) is 94.3 Å². The predicted octanol–water partition coefficient (Wildman–Crippen LogP) is 6.12. The number of nitrogens with zero attached hydrogens (tertiary/aromatic N) is 3. The van der Waals surface area contributed by atoms with E-state index in [1.54, 1.807) is 0 Å². The molecule has 1 heterocycles. The van der Waals surface area contributed by atoms with Gasteiger partial charge in [0.2, 0.25) is 5.91 Å². The Morgan fingerprint density at radius 1 is 0.886 bits per heavy atom. The molecule has 0 saturated heterocycles. The fraction of sp³-hybridized carbons (Fsp3) is 0.250. The molecule has 4 aromatic rings. The maximum absolute atomic E-state index is 12.8. The third kappa shape index (κ3) is 5.74. The van der Waals surface area contributed by atoms with Gasteiger partial charge in [-0.1, -0.05) is 65.9 Å². The summed E-state index contributed by atoms with van der Waals surface area (Å²) in [7, 11) is 0. The molecule has 1 amide bonds. The van der Waals surface area contributed by atoms with Gasteiger partial charge in [-0.25, -0.2) is 0 Å². The van der Waals surface area contributed by atoms with Crippen LogP contribution in [-0.4, -0.2) is 26.4 Å². The van der Waals surface area contributed by atoms with Gasteiger partial charge < -0.3 is 10.1 Å². The number of benzene rings is 3. The highest BCUT2D eigenvalue weighted by Gasteiger charge is 2.18. The lowest BCUT2D eigenvalue weighted by atomic mass is 10.1. The molecule has 0 aliphatic carbocycles. The minimum atomic E-state index is -0.0824. The van der Waals surface area contributed by atoms with E-state index in [0.717, 1.165) is 39.4 Å². The standard InChI is InChI=1S/C28H30N4O2S/c1-18-14-21(4)26(22(5)15-18)29-25(33)17-35-28-31-30-24(32(28)23-12-7-6-8-13-23)16-34-27-19(2)10-9-11-20(27)3/h6-15H,16-17H2,1-5H3,(H,29,33). The zero-order valence-corrected chi connectivity index (χ0v) is 21.6. The van der Waals surface area contributed by atoms with E-state index in [0.29, 0.717) is 11.0 Å². The average molecular weight is 487 g/mol. The Hall–Kier alpha value is -3.58. The molecule has 0 fully saturated rings. The number of para-hydroxylation sites is 2. The van der Waals surface area contributed by atoms with E-state index < -0.39 is 0 Å². The molecule has 0 saturated carbocycles. The molecule has 35 heavy (non-hydrogen) atoms. The summed E-state index contributed by atoms with van der Waals surface area (Å²) in [5.74, 6) is 1.66. The van der Waals surface area contributed by atoms with Gasteiger partial charge in [0.25, 0.3) is 0 Å². The van der Waals surface area contributed by atoms with Crippen molar-refractivity contribution in [1.29, 1.82) is 0 Å². The molecule has 1 aromatic heterocycles. The second kappa shape index (κ2) is 10.8. The van der Waals surface area contributed by atoms with Gasteiger partial charge in [-0.2, -0.15) is 0 Å². The Balaban J connectivity index is 1.53. The van der Waals surface area contributed by atoms with Gasteiger partial charge in [0.15, 0.2) is 11.0 Å². The van der Waals surface area contributed by atoms with E-state index in [2.05, 4.69) is 34.6 Å². The lowest BCUT2D eigenvalue weighted by Crippen LogP contribution is -2.16. The first-order valence-electron chi connectivity index (χ1n) is 11.5. The van der Waals surface area contributed by atoms with Crippen molar-refractivity contribution in [3.63, 3.8) is 0 Å². The lowest BCUT2D eigenvalue weighted by molar-refractivity contribution is -0.113. The van der Waals surface area contributed by atoms with Crippen LogP contribution in [0.5, 0.6) is 5.75 Å². The molecule has 0 radical (unpaired) electrons. The second-order valence-electron chi connectivity index (χ2n) is 8.69. The number of thioether (sulfide) groups is 1. The second-order valence-corrected chi connectivity index (χ2v) is 9.63. The summed E-state index contributed by atoms with van der Waals surface area (Å²) < 4.78 is 8.11. The maximum atomic E-state index is 12.8. The number of carbonyl (C=O) groups is 1. The number of ether oxygens (including phenoxy) is 1. The number of aromatic nitrogens is 3. The molecule has 0 aliphatic rings. The van der Waals surface area contributed by atoms with Gasteiger partial charge >= 0.3 is 0 Å². The van der Waals surface area contributed by atoms with Crippen LogP contribution in [0.2, 0.25) is 0 Å². The molecule has 0 spiro atoms. The SMILES string of the molecule is Cc1cc(C)c(NC(=O)CSc2nnc(COc3c(C)cccc3C)n2-c2ccccc2)c(C)c1. The van der Waals surface area contributed by atoms with Gasteiger partial charge in [-0.15, -0.1) is 10.2 Å². The Labute approximate surface area is 210 Å².